The van der Waals surface area contributed by atoms with Gasteiger partial charge in [-0.25, -0.2) is 8.42 Å². The lowest BCUT2D eigenvalue weighted by atomic mass is 10.0. The highest BCUT2D eigenvalue weighted by molar-refractivity contribution is 7.98. The minimum absolute atomic E-state index is 0.00918. The molecule has 0 N–H and O–H groups in total. The summed E-state index contributed by atoms with van der Waals surface area (Å²) in [7, 11) is -3.53. The minimum Gasteiger partial charge on any atom is -0.296 e. The fourth-order valence-corrected chi connectivity index (χ4v) is 4.11. The van der Waals surface area contributed by atoms with Gasteiger partial charge in [-0.2, -0.15) is 16.1 Å². The van der Waals surface area contributed by atoms with Crippen LogP contribution in [0.3, 0.4) is 0 Å². The fourth-order valence-electron chi connectivity index (χ4n) is 2.05. The van der Waals surface area contributed by atoms with Crippen LogP contribution in [0.4, 0.5) is 0 Å². The molecule has 0 amide bonds. The maximum atomic E-state index is 12.4. The summed E-state index contributed by atoms with van der Waals surface area (Å²) < 4.78 is 26.1. The third-order valence-electron chi connectivity index (χ3n) is 3.25. The van der Waals surface area contributed by atoms with Gasteiger partial charge in [-0.1, -0.05) is 17.7 Å². The number of hydrogen-bond acceptors (Lipinski definition) is 4. The molecule has 104 valence electrons. The van der Waals surface area contributed by atoms with Crippen LogP contribution in [0.1, 0.15) is 12.0 Å². The smallest absolute Gasteiger partial charge is 0.244 e. The number of benzene rings is 1. The average Bonchev–Trinajstić information content (AvgIpc) is 2.36. The number of ketones is 1. The van der Waals surface area contributed by atoms with Crippen LogP contribution in [0, 0.1) is 6.92 Å². The van der Waals surface area contributed by atoms with E-state index in [1.807, 2.05) is 13.2 Å². The van der Waals surface area contributed by atoms with E-state index in [1.165, 1.54) is 4.31 Å². The van der Waals surface area contributed by atoms with Gasteiger partial charge in [0.05, 0.1) is 17.5 Å². The standard InChI is InChI=1S/C13H17NO3S2/c1-10-3-5-11(6-4-10)19(16,17)14-9-13(15)12(14)7-8-18-2/h3-6,12H,7-9H2,1-2H3. The van der Waals surface area contributed by atoms with E-state index in [0.717, 1.165) is 11.3 Å². The Morgan fingerprint density at radius 1 is 1.32 bits per heavy atom. The van der Waals surface area contributed by atoms with Gasteiger partial charge in [0.1, 0.15) is 0 Å². The van der Waals surface area contributed by atoms with Crippen molar-refractivity contribution in [1.29, 1.82) is 0 Å². The van der Waals surface area contributed by atoms with Gasteiger partial charge < -0.3 is 0 Å². The van der Waals surface area contributed by atoms with Crippen molar-refractivity contribution in [3.05, 3.63) is 29.8 Å². The molecule has 1 atom stereocenters. The first-order valence-corrected chi connectivity index (χ1v) is 8.90. The Labute approximate surface area is 118 Å². The van der Waals surface area contributed by atoms with E-state index in [-0.39, 0.29) is 17.2 Å². The lowest BCUT2D eigenvalue weighted by Crippen LogP contribution is -2.59. The van der Waals surface area contributed by atoms with Gasteiger partial charge in [-0.15, -0.1) is 0 Å². The number of carbonyl (C=O) groups excluding carboxylic acids is 1. The summed E-state index contributed by atoms with van der Waals surface area (Å²) in [6.07, 6.45) is 2.53. The van der Waals surface area contributed by atoms with E-state index in [2.05, 4.69) is 0 Å². The lowest BCUT2D eigenvalue weighted by Gasteiger charge is -2.37. The summed E-state index contributed by atoms with van der Waals surface area (Å²) in [6, 6.07) is 6.26. The van der Waals surface area contributed by atoms with E-state index in [1.54, 1.807) is 36.0 Å². The Balaban J connectivity index is 2.20. The molecule has 1 unspecified atom stereocenters. The van der Waals surface area contributed by atoms with E-state index in [9.17, 15) is 13.2 Å². The summed E-state index contributed by atoms with van der Waals surface area (Å²) in [6.45, 7) is 1.92. The molecule has 0 saturated carbocycles. The highest BCUT2D eigenvalue weighted by Gasteiger charge is 2.44. The highest BCUT2D eigenvalue weighted by atomic mass is 32.2. The van der Waals surface area contributed by atoms with Gasteiger partial charge in [0.25, 0.3) is 0 Å². The topological polar surface area (TPSA) is 54.5 Å². The van der Waals surface area contributed by atoms with Crippen molar-refractivity contribution in [2.45, 2.75) is 24.3 Å². The van der Waals surface area contributed by atoms with E-state index in [4.69, 9.17) is 0 Å². The average molecular weight is 299 g/mol. The normalized spacial score (nSPS) is 20.3. The van der Waals surface area contributed by atoms with Crippen LogP contribution in [-0.4, -0.2) is 43.1 Å². The molecule has 1 fully saturated rings. The first-order chi connectivity index (χ1) is 8.96. The van der Waals surface area contributed by atoms with E-state index >= 15 is 0 Å². The largest absolute Gasteiger partial charge is 0.296 e. The number of aryl methyl sites for hydroxylation is 1. The van der Waals surface area contributed by atoms with E-state index in [0.29, 0.717) is 6.42 Å². The summed E-state index contributed by atoms with van der Waals surface area (Å²) in [4.78, 5) is 11.8. The molecule has 0 radical (unpaired) electrons. The van der Waals surface area contributed by atoms with Crippen molar-refractivity contribution in [3.63, 3.8) is 0 Å². The van der Waals surface area contributed by atoms with Crippen molar-refractivity contribution < 1.29 is 13.2 Å². The molecule has 0 bridgehead atoms. The lowest BCUT2D eigenvalue weighted by molar-refractivity contribution is -0.131. The maximum absolute atomic E-state index is 12.4. The van der Waals surface area contributed by atoms with Crippen LogP contribution in [0.25, 0.3) is 0 Å². The number of hydrogen-bond donors (Lipinski definition) is 0. The van der Waals surface area contributed by atoms with Crippen LogP contribution < -0.4 is 0 Å². The van der Waals surface area contributed by atoms with Gasteiger partial charge in [-0.3, -0.25) is 4.79 Å². The predicted octanol–water partition coefficient (Wildman–Crippen LogP) is 1.69. The van der Waals surface area contributed by atoms with Crippen molar-refractivity contribution >= 4 is 27.6 Å². The van der Waals surface area contributed by atoms with Gasteiger partial charge in [-0.05, 0) is 37.5 Å². The molecular formula is C13H17NO3S2. The number of rotatable bonds is 5. The second-order valence-corrected chi connectivity index (χ2v) is 7.50. The first kappa shape index (κ1) is 14.6. The summed E-state index contributed by atoms with van der Waals surface area (Å²) in [5.74, 6) is 0.806. The zero-order chi connectivity index (χ0) is 14.0. The van der Waals surface area contributed by atoms with Crippen LogP contribution in [0.2, 0.25) is 0 Å². The number of Topliss-reactive ketones (excluding diaryl/α,β-unsaturated/α-hetero) is 1. The number of thioether (sulfide) groups is 1. The molecule has 1 heterocycles. The Morgan fingerprint density at radius 2 is 1.95 bits per heavy atom. The van der Waals surface area contributed by atoms with Gasteiger partial charge in [0, 0.05) is 0 Å². The zero-order valence-electron chi connectivity index (χ0n) is 11.0. The van der Waals surface area contributed by atoms with Crippen molar-refractivity contribution in [1.82, 2.24) is 4.31 Å². The summed E-state index contributed by atoms with van der Waals surface area (Å²) >= 11 is 1.62. The Hall–Kier alpha value is -0.850. The number of carbonyl (C=O) groups is 1. The molecule has 2 rings (SSSR count). The molecule has 0 spiro atoms. The fraction of sp³-hybridized carbons (Fsp3) is 0.462. The number of sulfonamides is 1. The highest BCUT2D eigenvalue weighted by Crippen LogP contribution is 2.27. The SMILES string of the molecule is CSCCC1C(=O)CN1S(=O)(=O)c1ccc(C)cc1. The molecule has 1 aliphatic rings. The summed E-state index contributed by atoms with van der Waals surface area (Å²) in [5.41, 5.74) is 1.01. The molecule has 1 aromatic rings. The molecular weight excluding hydrogens is 282 g/mol. The molecule has 1 saturated heterocycles. The van der Waals surface area contributed by atoms with E-state index < -0.39 is 16.1 Å². The minimum atomic E-state index is -3.53. The van der Waals surface area contributed by atoms with Crippen LogP contribution in [0.15, 0.2) is 29.2 Å². The second-order valence-electron chi connectivity index (χ2n) is 4.63. The van der Waals surface area contributed by atoms with Crippen molar-refractivity contribution in [2.24, 2.45) is 0 Å². The van der Waals surface area contributed by atoms with Gasteiger partial charge in [0.2, 0.25) is 10.0 Å². The van der Waals surface area contributed by atoms with Crippen LogP contribution in [-0.2, 0) is 14.8 Å². The summed E-state index contributed by atoms with van der Waals surface area (Å²) in [5, 5.41) is 0. The van der Waals surface area contributed by atoms with Gasteiger partial charge in [0.15, 0.2) is 5.78 Å². The molecule has 4 nitrogen and oxygen atoms in total. The quantitative estimate of drug-likeness (QED) is 0.830. The molecule has 0 aliphatic carbocycles. The van der Waals surface area contributed by atoms with Crippen LogP contribution >= 0.6 is 11.8 Å². The molecule has 1 aliphatic heterocycles. The number of nitrogens with zero attached hydrogens (tertiary/aromatic N) is 1. The molecule has 0 aromatic heterocycles. The Bertz CT molecular complexity index is 566. The van der Waals surface area contributed by atoms with Gasteiger partial charge >= 0.3 is 0 Å². The Kier molecular flexibility index (Phi) is 4.32. The monoisotopic (exact) mass is 299 g/mol. The molecule has 19 heavy (non-hydrogen) atoms. The molecule has 6 heteroatoms. The predicted molar refractivity (Wildman–Crippen MR) is 76.9 cm³/mol. The molecule has 1 aromatic carbocycles. The third-order valence-corrected chi connectivity index (χ3v) is 5.77. The Morgan fingerprint density at radius 3 is 2.47 bits per heavy atom. The van der Waals surface area contributed by atoms with Crippen LogP contribution in [0.5, 0.6) is 0 Å². The zero-order valence-corrected chi connectivity index (χ0v) is 12.6. The second kappa shape index (κ2) is 5.64. The maximum Gasteiger partial charge on any atom is 0.244 e. The third kappa shape index (κ3) is 2.85. The van der Waals surface area contributed by atoms with Crippen molar-refractivity contribution in [2.75, 3.05) is 18.6 Å². The first-order valence-electron chi connectivity index (χ1n) is 6.07. The van der Waals surface area contributed by atoms with Crippen molar-refractivity contribution in [3.8, 4) is 0 Å².